The first-order chi connectivity index (χ1) is 6.75. The van der Waals surface area contributed by atoms with Gasteiger partial charge in [-0.05, 0) is 38.2 Å². The number of ether oxygens (including phenoxy) is 1. The van der Waals surface area contributed by atoms with Gasteiger partial charge in [0, 0.05) is 26.0 Å². The molecule has 14 heavy (non-hydrogen) atoms. The molecule has 0 aliphatic carbocycles. The molecule has 3 nitrogen and oxygen atoms in total. The van der Waals surface area contributed by atoms with Gasteiger partial charge in [-0.15, -0.1) is 0 Å². The van der Waals surface area contributed by atoms with Crippen molar-refractivity contribution in [1.82, 2.24) is 9.78 Å². The maximum absolute atomic E-state index is 5.35. The fourth-order valence-corrected chi connectivity index (χ4v) is 2.10. The monoisotopic (exact) mass is 194 g/mol. The van der Waals surface area contributed by atoms with Crippen LogP contribution in [0.4, 0.5) is 0 Å². The molecular formula is C11H18N2O. The van der Waals surface area contributed by atoms with Crippen molar-refractivity contribution in [2.45, 2.75) is 26.2 Å². The lowest BCUT2D eigenvalue weighted by Gasteiger charge is -2.21. The van der Waals surface area contributed by atoms with Crippen LogP contribution in [0.1, 0.15) is 24.2 Å². The molecule has 2 rings (SSSR count). The number of aromatic nitrogens is 2. The topological polar surface area (TPSA) is 27.1 Å². The summed E-state index contributed by atoms with van der Waals surface area (Å²) < 4.78 is 7.36. The highest BCUT2D eigenvalue weighted by molar-refractivity contribution is 5.09. The zero-order valence-corrected chi connectivity index (χ0v) is 8.99. The molecule has 1 aromatic heterocycles. The van der Waals surface area contributed by atoms with E-state index in [1.54, 1.807) is 0 Å². The third-order valence-electron chi connectivity index (χ3n) is 2.94. The molecule has 1 aliphatic rings. The van der Waals surface area contributed by atoms with Gasteiger partial charge in [0.2, 0.25) is 0 Å². The summed E-state index contributed by atoms with van der Waals surface area (Å²) in [4.78, 5) is 0. The van der Waals surface area contributed by atoms with Crippen molar-refractivity contribution in [2.24, 2.45) is 13.0 Å². The minimum atomic E-state index is 0.790. The first-order valence-corrected chi connectivity index (χ1v) is 5.33. The van der Waals surface area contributed by atoms with Gasteiger partial charge >= 0.3 is 0 Å². The Hall–Kier alpha value is -0.830. The van der Waals surface area contributed by atoms with Gasteiger partial charge < -0.3 is 4.74 Å². The molecule has 1 saturated heterocycles. The van der Waals surface area contributed by atoms with Gasteiger partial charge in [0.25, 0.3) is 0 Å². The highest BCUT2D eigenvalue weighted by Gasteiger charge is 2.15. The van der Waals surface area contributed by atoms with Crippen LogP contribution in [0, 0.1) is 12.8 Å². The van der Waals surface area contributed by atoms with Crippen molar-refractivity contribution in [3.63, 3.8) is 0 Å². The van der Waals surface area contributed by atoms with Crippen LogP contribution in [-0.4, -0.2) is 23.0 Å². The maximum Gasteiger partial charge on any atom is 0.0596 e. The Bertz CT molecular complexity index is 300. The second-order valence-corrected chi connectivity index (χ2v) is 4.16. The molecule has 78 valence electrons. The molecule has 0 aromatic carbocycles. The standard InChI is InChI=1S/C11H18N2O/c1-9-7-11(13(2)12-9)8-10-3-5-14-6-4-10/h7,10H,3-6,8H2,1-2H3. The van der Waals surface area contributed by atoms with Crippen LogP contribution in [0.5, 0.6) is 0 Å². The third-order valence-corrected chi connectivity index (χ3v) is 2.94. The van der Waals surface area contributed by atoms with Gasteiger partial charge in [0.15, 0.2) is 0 Å². The molecule has 0 spiro atoms. The second kappa shape index (κ2) is 4.13. The van der Waals surface area contributed by atoms with Gasteiger partial charge in [-0.3, -0.25) is 4.68 Å². The summed E-state index contributed by atoms with van der Waals surface area (Å²) >= 11 is 0. The Labute approximate surface area is 85.1 Å². The number of rotatable bonds is 2. The molecule has 1 fully saturated rings. The predicted molar refractivity (Wildman–Crippen MR) is 55.2 cm³/mol. The maximum atomic E-state index is 5.35. The minimum absolute atomic E-state index is 0.790. The first-order valence-electron chi connectivity index (χ1n) is 5.33. The fourth-order valence-electron chi connectivity index (χ4n) is 2.10. The van der Waals surface area contributed by atoms with Crippen LogP contribution in [0.3, 0.4) is 0 Å². The van der Waals surface area contributed by atoms with Gasteiger partial charge in [-0.1, -0.05) is 0 Å². The predicted octanol–water partition coefficient (Wildman–Crippen LogP) is 1.70. The Morgan fingerprint density at radius 3 is 2.79 bits per heavy atom. The summed E-state index contributed by atoms with van der Waals surface area (Å²) in [5.41, 5.74) is 2.48. The summed E-state index contributed by atoms with van der Waals surface area (Å²) in [6.07, 6.45) is 3.55. The molecule has 0 radical (unpaired) electrons. The van der Waals surface area contributed by atoms with E-state index in [1.165, 1.54) is 18.5 Å². The highest BCUT2D eigenvalue weighted by Crippen LogP contribution is 2.19. The van der Waals surface area contributed by atoms with Crippen LogP contribution in [0.15, 0.2) is 6.07 Å². The number of hydrogen-bond acceptors (Lipinski definition) is 2. The molecule has 2 heterocycles. The zero-order chi connectivity index (χ0) is 9.97. The van der Waals surface area contributed by atoms with Crippen molar-refractivity contribution in [3.8, 4) is 0 Å². The third kappa shape index (κ3) is 2.15. The SMILES string of the molecule is Cc1cc(CC2CCOCC2)n(C)n1. The van der Waals surface area contributed by atoms with Crippen LogP contribution in [0.2, 0.25) is 0 Å². The molecule has 0 saturated carbocycles. The number of aryl methyl sites for hydroxylation is 2. The zero-order valence-electron chi connectivity index (χ0n) is 8.99. The first kappa shape index (κ1) is 9.71. The Kier molecular flexibility index (Phi) is 2.87. The van der Waals surface area contributed by atoms with E-state index in [2.05, 4.69) is 11.2 Å². The number of nitrogens with zero attached hydrogens (tertiary/aromatic N) is 2. The van der Waals surface area contributed by atoms with Crippen molar-refractivity contribution in [1.29, 1.82) is 0 Å². The summed E-state index contributed by atoms with van der Waals surface area (Å²) in [5.74, 6) is 0.790. The fraction of sp³-hybridized carbons (Fsp3) is 0.727. The molecule has 0 amide bonds. The summed E-state index contributed by atoms with van der Waals surface area (Å²) in [5, 5.41) is 4.36. The summed E-state index contributed by atoms with van der Waals surface area (Å²) in [7, 11) is 2.03. The van der Waals surface area contributed by atoms with Gasteiger partial charge in [-0.25, -0.2) is 0 Å². The lowest BCUT2D eigenvalue weighted by Crippen LogP contribution is -2.18. The van der Waals surface area contributed by atoms with Crippen molar-refractivity contribution >= 4 is 0 Å². The van der Waals surface area contributed by atoms with Crippen LogP contribution < -0.4 is 0 Å². The van der Waals surface area contributed by atoms with Gasteiger partial charge in [0.05, 0.1) is 5.69 Å². The van der Waals surface area contributed by atoms with Crippen molar-refractivity contribution in [3.05, 3.63) is 17.5 Å². The summed E-state index contributed by atoms with van der Waals surface area (Å²) in [6.45, 7) is 3.91. The lowest BCUT2D eigenvalue weighted by molar-refractivity contribution is 0.0660. The molecule has 0 bridgehead atoms. The van der Waals surface area contributed by atoms with E-state index in [9.17, 15) is 0 Å². The van der Waals surface area contributed by atoms with E-state index in [-0.39, 0.29) is 0 Å². The molecule has 1 aliphatic heterocycles. The average Bonchev–Trinajstić information content (AvgIpc) is 2.47. The molecule has 0 atom stereocenters. The molecule has 0 unspecified atom stereocenters. The molecule has 3 heteroatoms. The van der Waals surface area contributed by atoms with E-state index in [4.69, 9.17) is 4.74 Å². The van der Waals surface area contributed by atoms with E-state index in [1.807, 2.05) is 18.7 Å². The molecule has 1 aromatic rings. The van der Waals surface area contributed by atoms with E-state index in [0.717, 1.165) is 31.2 Å². The molecular weight excluding hydrogens is 176 g/mol. The number of hydrogen-bond donors (Lipinski definition) is 0. The molecule has 0 N–H and O–H groups in total. The van der Waals surface area contributed by atoms with Crippen molar-refractivity contribution < 1.29 is 4.74 Å². The van der Waals surface area contributed by atoms with Gasteiger partial charge in [-0.2, -0.15) is 5.10 Å². The van der Waals surface area contributed by atoms with Gasteiger partial charge in [0.1, 0.15) is 0 Å². The normalized spacial score (nSPS) is 18.7. The summed E-state index contributed by atoms with van der Waals surface area (Å²) in [6, 6.07) is 2.19. The van der Waals surface area contributed by atoms with Crippen LogP contribution >= 0.6 is 0 Å². The highest BCUT2D eigenvalue weighted by atomic mass is 16.5. The van der Waals surface area contributed by atoms with Crippen molar-refractivity contribution in [2.75, 3.05) is 13.2 Å². The van der Waals surface area contributed by atoms with Crippen LogP contribution in [0.25, 0.3) is 0 Å². The second-order valence-electron chi connectivity index (χ2n) is 4.16. The Morgan fingerprint density at radius 2 is 2.21 bits per heavy atom. The average molecular weight is 194 g/mol. The van der Waals surface area contributed by atoms with Crippen LogP contribution in [-0.2, 0) is 18.2 Å². The lowest BCUT2D eigenvalue weighted by atomic mass is 9.95. The Morgan fingerprint density at radius 1 is 1.50 bits per heavy atom. The van der Waals surface area contributed by atoms with E-state index >= 15 is 0 Å². The van der Waals surface area contributed by atoms with E-state index < -0.39 is 0 Å². The Balaban J connectivity index is 1.98. The minimum Gasteiger partial charge on any atom is -0.381 e. The largest absolute Gasteiger partial charge is 0.381 e. The quantitative estimate of drug-likeness (QED) is 0.716. The van der Waals surface area contributed by atoms with E-state index in [0.29, 0.717) is 0 Å². The smallest absolute Gasteiger partial charge is 0.0596 e.